The predicted octanol–water partition coefficient (Wildman–Crippen LogP) is 4.02. The fourth-order valence-electron chi connectivity index (χ4n) is 2.40. The van der Waals surface area contributed by atoms with Crippen LogP contribution in [-0.2, 0) is 4.79 Å². The van der Waals surface area contributed by atoms with E-state index in [0.29, 0.717) is 16.9 Å². The van der Waals surface area contributed by atoms with Gasteiger partial charge in [0.2, 0.25) is 5.91 Å². The number of hydrogen-bond donors (Lipinski definition) is 3. The van der Waals surface area contributed by atoms with Crippen LogP contribution in [0, 0.1) is 5.92 Å². The third kappa shape index (κ3) is 4.59. The number of phenols is 1. The van der Waals surface area contributed by atoms with Crippen LogP contribution in [0.3, 0.4) is 0 Å². The molecule has 0 atom stereocenters. The quantitative estimate of drug-likeness (QED) is 0.750. The Hall–Kier alpha value is -2.82. The highest BCUT2D eigenvalue weighted by molar-refractivity contribution is 6.04. The molecule has 2 rings (SSSR count). The lowest BCUT2D eigenvalue weighted by Crippen LogP contribution is -2.21. The number of amides is 2. The molecule has 0 saturated carbocycles. The van der Waals surface area contributed by atoms with Crippen molar-refractivity contribution >= 4 is 23.2 Å². The average molecular weight is 326 g/mol. The summed E-state index contributed by atoms with van der Waals surface area (Å²) in [6, 6.07) is 13.1. The van der Waals surface area contributed by atoms with Crippen LogP contribution in [0.15, 0.2) is 48.5 Å². The molecule has 0 aromatic heterocycles. The van der Waals surface area contributed by atoms with E-state index in [1.54, 1.807) is 36.4 Å². The van der Waals surface area contributed by atoms with Crippen molar-refractivity contribution in [2.24, 2.45) is 5.92 Å². The van der Waals surface area contributed by atoms with E-state index < -0.39 is 0 Å². The van der Waals surface area contributed by atoms with E-state index in [1.165, 1.54) is 12.1 Å². The first-order chi connectivity index (χ1) is 11.5. The van der Waals surface area contributed by atoms with E-state index in [4.69, 9.17) is 0 Å². The van der Waals surface area contributed by atoms with Gasteiger partial charge in [-0.2, -0.15) is 0 Å². The Balaban J connectivity index is 2.01. The highest BCUT2D eigenvalue weighted by Crippen LogP contribution is 2.18. The smallest absolute Gasteiger partial charge is 0.255 e. The van der Waals surface area contributed by atoms with E-state index in [9.17, 15) is 14.7 Å². The van der Waals surface area contributed by atoms with Crippen LogP contribution in [0.25, 0.3) is 0 Å². The third-order valence-corrected chi connectivity index (χ3v) is 3.88. The van der Waals surface area contributed by atoms with Gasteiger partial charge in [-0.05, 0) is 49.2 Å². The van der Waals surface area contributed by atoms with E-state index in [0.717, 1.165) is 12.8 Å². The first kappa shape index (κ1) is 17.5. The molecule has 0 fully saturated rings. The Labute approximate surface area is 141 Å². The molecule has 0 aliphatic heterocycles. The molecule has 3 N–H and O–H groups in total. The second-order valence-corrected chi connectivity index (χ2v) is 5.58. The number of carbonyl (C=O) groups is 2. The number of aromatic hydroxyl groups is 1. The molecule has 5 nitrogen and oxygen atoms in total. The number of benzene rings is 2. The zero-order valence-electron chi connectivity index (χ0n) is 13.9. The van der Waals surface area contributed by atoms with Crippen LogP contribution < -0.4 is 10.6 Å². The number of rotatable bonds is 6. The van der Waals surface area contributed by atoms with E-state index >= 15 is 0 Å². The minimum atomic E-state index is -0.279. The summed E-state index contributed by atoms with van der Waals surface area (Å²) in [7, 11) is 0. The predicted molar refractivity (Wildman–Crippen MR) is 95.2 cm³/mol. The molecule has 0 heterocycles. The van der Waals surface area contributed by atoms with Crippen molar-refractivity contribution in [3.8, 4) is 5.75 Å². The van der Waals surface area contributed by atoms with Crippen LogP contribution in [0.4, 0.5) is 11.4 Å². The molecule has 126 valence electrons. The van der Waals surface area contributed by atoms with Gasteiger partial charge in [0, 0.05) is 28.9 Å². The van der Waals surface area contributed by atoms with Gasteiger partial charge < -0.3 is 15.7 Å². The summed E-state index contributed by atoms with van der Waals surface area (Å²) in [6.45, 7) is 3.98. The minimum absolute atomic E-state index is 0.00117. The molecule has 0 saturated heterocycles. The Kier molecular flexibility index (Phi) is 5.95. The average Bonchev–Trinajstić information content (AvgIpc) is 2.56. The van der Waals surface area contributed by atoms with E-state index in [2.05, 4.69) is 10.6 Å². The molecule has 5 heteroatoms. The monoisotopic (exact) mass is 326 g/mol. The summed E-state index contributed by atoms with van der Waals surface area (Å²) < 4.78 is 0. The van der Waals surface area contributed by atoms with Crippen molar-refractivity contribution in [2.45, 2.75) is 26.7 Å². The number of phenolic OH excluding ortho intramolecular Hbond substituents is 1. The summed E-state index contributed by atoms with van der Waals surface area (Å²) in [5.41, 5.74) is 1.66. The van der Waals surface area contributed by atoms with Crippen molar-refractivity contribution < 1.29 is 14.7 Å². The molecule has 0 bridgehead atoms. The Morgan fingerprint density at radius 3 is 2.21 bits per heavy atom. The number of hydrogen-bond acceptors (Lipinski definition) is 3. The highest BCUT2D eigenvalue weighted by Gasteiger charge is 2.14. The minimum Gasteiger partial charge on any atom is -0.508 e. The van der Waals surface area contributed by atoms with Crippen molar-refractivity contribution in [3.63, 3.8) is 0 Å². The molecule has 2 aromatic carbocycles. The molecule has 0 aliphatic carbocycles. The van der Waals surface area contributed by atoms with E-state index in [-0.39, 0.29) is 23.5 Å². The van der Waals surface area contributed by atoms with Gasteiger partial charge >= 0.3 is 0 Å². The zero-order valence-corrected chi connectivity index (χ0v) is 13.9. The normalized spacial score (nSPS) is 10.5. The lowest BCUT2D eigenvalue weighted by molar-refractivity contribution is -0.120. The summed E-state index contributed by atoms with van der Waals surface area (Å²) in [5.74, 6) is -0.193. The molecule has 0 aliphatic rings. The number of anilines is 2. The van der Waals surface area contributed by atoms with Crippen molar-refractivity contribution in [2.75, 3.05) is 10.6 Å². The van der Waals surface area contributed by atoms with Crippen molar-refractivity contribution in [3.05, 3.63) is 54.1 Å². The van der Waals surface area contributed by atoms with Crippen LogP contribution >= 0.6 is 0 Å². The van der Waals surface area contributed by atoms with Gasteiger partial charge in [0.15, 0.2) is 0 Å². The summed E-state index contributed by atoms with van der Waals surface area (Å²) in [4.78, 5) is 24.2. The standard InChI is InChI=1S/C19H22N2O3/c1-3-13(4-2)18(23)20-15-10-8-14(9-11-15)19(24)21-16-6-5-7-17(22)12-16/h5-13,22H,3-4H2,1-2H3,(H,20,23)(H,21,24). The molecule has 0 radical (unpaired) electrons. The molecule has 2 aromatic rings. The van der Waals surface area contributed by atoms with Gasteiger partial charge in [-0.25, -0.2) is 0 Å². The van der Waals surface area contributed by atoms with Gasteiger partial charge in [-0.3, -0.25) is 9.59 Å². The Morgan fingerprint density at radius 2 is 1.62 bits per heavy atom. The topological polar surface area (TPSA) is 78.4 Å². The van der Waals surface area contributed by atoms with Crippen molar-refractivity contribution in [1.29, 1.82) is 0 Å². The maximum Gasteiger partial charge on any atom is 0.255 e. The van der Waals surface area contributed by atoms with Gasteiger partial charge in [-0.1, -0.05) is 19.9 Å². The summed E-state index contributed by atoms with van der Waals surface area (Å²) in [5, 5.41) is 15.0. The SMILES string of the molecule is CCC(CC)C(=O)Nc1ccc(C(=O)Nc2cccc(O)c2)cc1. The first-order valence-electron chi connectivity index (χ1n) is 8.04. The molecular formula is C19H22N2O3. The molecule has 2 amide bonds. The molecule has 0 unspecified atom stereocenters. The second-order valence-electron chi connectivity index (χ2n) is 5.58. The van der Waals surface area contributed by atoms with Crippen LogP contribution in [-0.4, -0.2) is 16.9 Å². The van der Waals surface area contributed by atoms with Crippen LogP contribution in [0.1, 0.15) is 37.0 Å². The fraction of sp³-hybridized carbons (Fsp3) is 0.263. The third-order valence-electron chi connectivity index (χ3n) is 3.88. The summed E-state index contributed by atoms with van der Waals surface area (Å²) in [6.07, 6.45) is 1.60. The zero-order chi connectivity index (χ0) is 17.5. The molecule has 24 heavy (non-hydrogen) atoms. The maximum atomic E-state index is 12.2. The van der Waals surface area contributed by atoms with Gasteiger partial charge in [0.05, 0.1) is 0 Å². The Morgan fingerprint density at radius 1 is 0.958 bits per heavy atom. The Bertz CT molecular complexity index is 707. The van der Waals surface area contributed by atoms with Crippen molar-refractivity contribution in [1.82, 2.24) is 0 Å². The lowest BCUT2D eigenvalue weighted by Gasteiger charge is -2.13. The van der Waals surface area contributed by atoms with E-state index in [1.807, 2.05) is 13.8 Å². The van der Waals surface area contributed by atoms with Crippen LogP contribution in [0.5, 0.6) is 5.75 Å². The molecular weight excluding hydrogens is 304 g/mol. The first-order valence-corrected chi connectivity index (χ1v) is 8.04. The van der Waals surface area contributed by atoms with Crippen LogP contribution in [0.2, 0.25) is 0 Å². The second kappa shape index (κ2) is 8.15. The largest absolute Gasteiger partial charge is 0.508 e. The summed E-state index contributed by atoms with van der Waals surface area (Å²) >= 11 is 0. The highest BCUT2D eigenvalue weighted by atomic mass is 16.3. The van der Waals surface area contributed by atoms with Gasteiger partial charge in [0.25, 0.3) is 5.91 Å². The maximum absolute atomic E-state index is 12.2. The van der Waals surface area contributed by atoms with Gasteiger partial charge in [-0.15, -0.1) is 0 Å². The van der Waals surface area contributed by atoms with Gasteiger partial charge in [0.1, 0.15) is 5.75 Å². The fourth-order valence-corrected chi connectivity index (χ4v) is 2.40. The number of nitrogens with one attached hydrogen (secondary N) is 2. The number of carbonyl (C=O) groups excluding carboxylic acids is 2. The lowest BCUT2D eigenvalue weighted by atomic mass is 10.0. The molecule has 0 spiro atoms.